The van der Waals surface area contributed by atoms with Gasteiger partial charge in [0.2, 0.25) is 0 Å². The van der Waals surface area contributed by atoms with Gasteiger partial charge in [0, 0.05) is 0 Å². The third-order valence-corrected chi connectivity index (χ3v) is 8.95. The number of hydrogen-bond donors (Lipinski definition) is 4. The molecular weight excluding hydrogens is 508 g/mol. The van der Waals surface area contributed by atoms with Crippen molar-refractivity contribution in [3.05, 3.63) is 68.8 Å². The molecule has 0 aromatic heterocycles. The van der Waals surface area contributed by atoms with Crippen LogP contribution in [0.25, 0.3) is 0 Å². The molecule has 0 aliphatic carbocycles. The molecule has 232 valence electrons. The topological polar surface area (TPSA) is 80.9 Å². The van der Waals surface area contributed by atoms with Gasteiger partial charge in [0.05, 0.1) is 25.2 Å². The van der Waals surface area contributed by atoms with E-state index in [0.717, 1.165) is 22.3 Å². The van der Waals surface area contributed by atoms with E-state index in [9.17, 15) is 20.4 Å². The second kappa shape index (κ2) is 11.8. The van der Waals surface area contributed by atoms with Gasteiger partial charge in [0.1, 0.15) is 5.60 Å². The van der Waals surface area contributed by atoms with Gasteiger partial charge in [-0.2, -0.15) is 0 Å². The molecule has 0 unspecified atom stereocenters. The monoisotopic (exact) mass is 568 g/mol. The Labute approximate surface area is 251 Å². The number of aryl methyl sites for hydroxylation is 2. The van der Waals surface area contributed by atoms with E-state index in [-0.39, 0.29) is 21.7 Å². The van der Waals surface area contributed by atoms with Gasteiger partial charge < -0.3 is 20.4 Å². The number of aliphatic hydroxyl groups excluding tert-OH is 3. The predicted molar refractivity (Wildman–Crippen MR) is 173 cm³/mol. The summed E-state index contributed by atoms with van der Waals surface area (Å²) in [6.07, 6.45) is 1.30. The van der Waals surface area contributed by atoms with Crippen LogP contribution in [0.3, 0.4) is 0 Å². The maximum absolute atomic E-state index is 13.7. The Morgan fingerprint density at radius 3 is 0.976 bits per heavy atom. The fraction of sp³-hybridized carbons (Fsp3) is 0.676. The summed E-state index contributed by atoms with van der Waals surface area (Å²) in [6.45, 7) is 28.4. The molecule has 0 bridgehead atoms. The van der Waals surface area contributed by atoms with Gasteiger partial charge in [-0.05, 0) is 79.0 Å². The minimum Gasteiger partial charge on any atom is -0.395 e. The first-order valence-corrected chi connectivity index (χ1v) is 15.4. The third-order valence-electron chi connectivity index (χ3n) is 8.95. The molecule has 4 heteroatoms. The summed E-state index contributed by atoms with van der Waals surface area (Å²) in [5.74, 6) is 0. The predicted octanol–water partition coefficient (Wildman–Crippen LogP) is 7.20. The number of aliphatic hydroxyl groups is 4. The normalized spacial score (nSPS) is 14.1. The minimum absolute atomic E-state index is 0.123. The molecule has 2 aromatic rings. The molecule has 2 rings (SSSR count). The lowest BCUT2D eigenvalue weighted by molar-refractivity contribution is -0.138. The zero-order valence-electron chi connectivity index (χ0n) is 28.6. The van der Waals surface area contributed by atoms with Gasteiger partial charge in [-0.1, -0.05) is 121 Å². The second-order valence-electron chi connectivity index (χ2n) is 16.3. The quantitative estimate of drug-likeness (QED) is 0.271. The van der Waals surface area contributed by atoms with Crippen molar-refractivity contribution in [3.63, 3.8) is 0 Å². The Kier molecular flexibility index (Phi) is 10.2. The van der Waals surface area contributed by atoms with E-state index in [0.29, 0.717) is 24.0 Å². The molecule has 0 fully saturated rings. The van der Waals surface area contributed by atoms with E-state index in [1.54, 1.807) is 0 Å². The van der Waals surface area contributed by atoms with Crippen LogP contribution in [0, 0.1) is 5.41 Å². The van der Waals surface area contributed by atoms with Crippen molar-refractivity contribution in [2.75, 3.05) is 19.8 Å². The minimum atomic E-state index is -1.89. The molecule has 0 heterocycles. The van der Waals surface area contributed by atoms with Gasteiger partial charge in [-0.25, -0.2) is 0 Å². The zero-order valence-corrected chi connectivity index (χ0v) is 28.6. The van der Waals surface area contributed by atoms with Gasteiger partial charge >= 0.3 is 0 Å². The average Bonchev–Trinajstić information content (AvgIpc) is 2.85. The van der Waals surface area contributed by atoms with Gasteiger partial charge in [0.25, 0.3) is 0 Å². The van der Waals surface area contributed by atoms with Gasteiger partial charge in [0.15, 0.2) is 0 Å². The van der Waals surface area contributed by atoms with Crippen LogP contribution in [0.5, 0.6) is 0 Å². The van der Waals surface area contributed by atoms with E-state index in [1.807, 2.05) is 0 Å². The van der Waals surface area contributed by atoms with Crippen LogP contribution in [0.2, 0.25) is 0 Å². The molecular formula is C37H60O4. The second-order valence-corrected chi connectivity index (χ2v) is 16.3. The summed E-state index contributed by atoms with van der Waals surface area (Å²) < 4.78 is 0. The van der Waals surface area contributed by atoms with Crippen molar-refractivity contribution in [2.45, 2.75) is 137 Å². The lowest BCUT2D eigenvalue weighted by atomic mass is 9.58. The highest BCUT2D eigenvalue weighted by Gasteiger charge is 2.56. The molecule has 0 atom stereocenters. The Morgan fingerprint density at radius 2 is 0.780 bits per heavy atom. The molecule has 0 saturated carbocycles. The van der Waals surface area contributed by atoms with Crippen LogP contribution in [0.1, 0.15) is 141 Å². The highest BCUT2D eigenvalue weighted by molar-refractivity contribution is 5.59. The zero-order chi connectivity index (χ0) is 32.0. The standard InChI is InChI=1S/C37H60O4/c1-15-24-17-26(32(3,4)5)19-28(34(9,10)11)30(24)37(41,36(21-38,22-39)23-40)31-25(16-2)18-27(33(6,7)8)20-29(31)35(12,13)14/h17-20,38-41H,15-16,21-23H2,1-14H3. The maximum Gasteiger partial charge on any atom is 0.128 e. The first kappa shape index (κ1) is 35.5. The van der Waals surface area contributed by atoms with Crippen LogP contribution < -0.4 is 0 Å². The van der Waals surface area contributed by atoms with Crippen molar-refractivity contribution in [2.24, 2.45) is 5.41 Å². The van der Waals surface area contributed by atoms with Crippen molar-refractivity contribution in [1.82, 2.24) is 0 Å². The molecule has 4 nitrogen and oxygen atoms in total. The summed E-state index contributed by atoms with van der Waals surface area (Å²) in [4.78, 5) is 0. The Hall–Kier alpha value is -1.72. The summed E-state index contributed by atoms with van der Waals surface area (Å²) >= 11 is 0. The van der Waals surface area contributed by atoms with Crippen molar-refractivity contribution in [1.29, 1.82) is 0 Å². The summed E-state index contributed by atoms with van der Waals surface area (Å²) in [5, 5.41) is 46.8. The lowest BCUT2D eigenvalue weighted by Crippen LogP contribution is -2.56. The first-order valence-electron chi connectivity index (χ1n) is 15.4. The smallest absolute Gasteiger partial charge is 0.128 e. The molecule has 0 saturated heterocycles. The van der Waals surface area contributed by atoms with Gasteiger partial charge in [-0.3, -0.25) is 0 Å². The molecule has 0 radical (unpaired) electrons. The van der Waals surface area contributed by atoms with E-state index in [1.165, 1.54) is 11.1 Å². The maximum atomic E-state index is 13.7. The number of rotatable bonds is 8. The molecule has 0 spiro atoms. The molecule has 0 aliphatic heterocycles. The van der Waals surface area contributed by atoms with Crippen molar-refractivity contribution in [3.8, 4) is 0 Å². The highest BCUT2D eigenvalue weighted by atomic mass is 16.3. The fourth-order valence-corrected chi connectivity index (χ4v) is 6.01. The van der Waals surface area contributed by atoms with Gasteiger partial charge in [-0.15, -0.1) is 0 Å². The molecule has 2 aromatic carbocycles. The Bertz CT molecular complexity index is 1110. The van der Waals surface area contributed by atoms with Crippen molar-refractivity contribution >= 4 is 0 Å². The van der Waals surface area contributed by atoms with E-state index in [2.05, 4.69) is 121 Å². The Morgan fingerprint density at radius 1 is 0.488 bits per heavy atom. The first-order chi connectivity index (χ1) is 18.5. The molecule has 0 aliphatic rings. The third kappa shape index (κ3) is 6.47. The fourth-order valence-electron chi connectivity index (χ4n) is 6.01. The Balaban J connectivity index is 3.47. The highest BCUT2D eigenvalue weighted by Crippen LogP contribution is 2.54. The van der Waals surface area contributed by atoms with Crippen LogP contribution in [-0.2, 0) is 40.1 Å². The van der Waals surface area contributed by atoms with Crippen LogP contribution in [0.4, 0.5) is 0 Å². The SMILES string of the molecule is CCc1cc(C(C)(C)C)cc(C(C)(C)C)c1C(O)(c1c(CC)cc(C(C)(C)C)cc1C(C)(C)C)C(CO)(CO)CO. The van der Waals surface area contributed by atoms with Crippen LogP contribution in [-0.4, -0.2) is 40.2 Å². The summed E-state index contributed by atoms with van der Waals surface area (Å²) in [5.41, 5.74) is 3.06. The lowest BCUT2D eigenvalue weighted by Gasteiger charge is -2.50. The van der Waals surface area contributed by atoms with Crippen molar-refractivity contribution < 1.29 is 20.4 Å². The van der Waals surface area contributed by atoms with Crippen LogP contribution in [0.15, 0.2) is 24.3 Å². The van der Waals surface area contributed by atoms with Crippen LogP contribution >= 0.6 is 0 Å². The molecule has 0 amide bonds. The molecule has 41 heavy (non-hydrogen) atoms. The summed E-state index contributed by atoms with van der Waals surface area (Å²) in [7, 11) is 0. The number of hydrogen-bond acceptors (Lipinski definition) is 4. The molecule has 4 N–H and O–H groups in total. The van der Waals surface area contributed by atoms with E-state index < -0.39 is 30.8 Å². The van der Waals surface area contributed by atoms with E-state index >= 15 is 0 Å². The summed E-state index contributed by atoms with van der Waals surface area (Å²) in [6, 6.07) is 8.75. The largest absolute Gasteiger partial charge is 0.395 e. The van der Waals surface area contributed by atoms with E-state index in [4.69, 9.17) is 0 Å². The average molecular weight is 569 g/mol. The number of benzene rings is 2.